The highest BCUT2D eigenvalue weighted by atomic mass is 32.1. The van der Waals surface area contributed by atoms with Gasteiger partial charge in [0, 0.05) is 20.1 Å². The third-order valence-corrected chi connectivity index (χ3v) is 3.30. The lowest BCUT2D eigenvalue weighted by atomic mass is 10.0. The number of rotatable bonds is 3. The molecule has 2 rings (SSSR count). The van der Waals surface area contributed by atoms with Gasteiger partial charge in [0.25, 0.3) is 0 Å². The molecule has 0 amide bonds. The Labute approximate surface area is 94.6 Å². The number of aromatic amines is 1. The van der Waals surface area contributed by atoms with Gasteiger partial charge in [-0.05, 0) is 37.9 Å². The normalized spacial score (nSPS) is 21.8. The van der Waals surface area contributed by atoms with Crippen molar-refractivity contribution in [2.24, 2.45) is 7.05 Å². The fourth-order valence-electron chi connectivity index (χ4n) is 1.93. The third kappa shape index (κ3) is 2.66. The van der Waals surface area contributed by atoms with Gasteiger partial charge in [-0.3, -0.25) is 5.10 Å². The van der Waals surface area contributed by atoms with Crippen LogP contribution < -0.4 is 0 Å². The fraction of sp³-hybridized carbons (Fsp3) is 0.800. The summed E-state index contributed by atoms with van der Waals surface area (Å²) in [6.07, 6.45) is 6.10. The molecule has 0 saturated carbocycles. The highest BCUT2D eigenvalue weighted by molar-refractivity contribution is 7.71. The van der Waals surface area contributed by atoms with E-state index in [9.17, 15) is 0 Å². The second kappa shape index (κ2) is 4.90. The van der Waals surface area contributed by atoms with Gasteiger partial charge in [0.2, 0.25) is 0 Å². The molecule has 0 aromatic carbocycles. The van der Waals surface area contributed by atoms with Crippen LogP contribution in [0.3, 0.4) is 0 Å². The van der Waals surface area contributed by atoms with Crippen LogP contribution in [-0.2, 0) is 18.2 Å². The Balaban J connectivity index is 1.87. The van der Waals surface area contributed by atoms with Crippen LogP contribution >= 0.6 is 12.2 Å². The van der Waals surface area contributed by atoms with Crippen molar-refractivity contribution in [1.82, 2.24) is 14.8 Å². The first-order valence-electron chi connectivity index (χ1n) is 5.49. The number of nitrogens with one attached hydrogen (secondary N) is 1. The van der Waals surface area contributed by atoms with Crippen molar-refractivity contribution in [3.05, 3.63) is 10.6 Å². The maximum absolute atomic E-state index is 5.67. The summed E-state index contributed by atoms with van der Waals surface area (Å²) >= 11 is 5.06. The van der Waals surface area contributed by atoms with E-state index in [0.29, 0.717) is 10.9 Å². The highest BCUT2D eigenvalue weighted by Gasteiger charge is 2.14. The molecule has 1 fully saturated rings. The Morgan fingerprint density at radius 1 is 1.60 bits per heavy atom. The molecule has 5 heteroatoms. The molecule has 0 aliphatic carbocycles. The lowest BCUT2D eigenvalue weighted by Gasteiger charge is -2.22. The van der Waals surface area contributed by atoms with Crippen molar-refractivity contribution < 1.29 is 4.74 Å². The van der Waals surface area contributed by atoms with E-state index in [2.05, 4.69) is 10.2 Å². The monoisotopic (exact) mass is 227 g/mol. The number of H-pyrrole nitrogens is 1. The molecule has 1 aliphatic rings. The van der Waals surface area contributed by atoms with Crippen molar-refractivity contribution in [3.8, 4) is 0 Å². The maximum Gasteiger partial charge on any atom is 0.194 e. The van der Waals surface area contributed by atoms with Gasteiger partial charge in [0.15, 0.2) is 4.77 Å². The fourth-order valence-corrected chi connectivity index (χ4v) is 2.08. The zero-order valence-electron chi connectivity index (χ0n) is 9.03. The van der Waals surface area contributed by atoms with Crippen LogP contribution in [0.5, 0.6) is 0 Å². The summed E-state index contributed by atoms with van der Waals surface area (Å²) in [6, 6.07) is 0. The molecule has 0 spiro atoms. The number of ether oxygens (including phenoxy) is 1. The molecule has 0 bridgehead atoms. The molecule has 1 N–H and O–H groups in total. The van der Waals surface area contributed by atoms with Crippen molar-refractivity contribution >= 4 is 12.2 Å². The van der Waals surface area contributed by atoms with E-state index >= 15 is 0 Å². The lowest BCUT2D eigenvalue weighted by Crippen LogP contribution is -2.20. The summed E-state index contributed by atoms with van der Waals surface area (Å²) in [6.45, 7) is 0.920. The molecule has 1 aromatic rings. The summed E-state index contributed by atoms with van der Waals surface area (Å²) in [4.78, 5) is 0. The lowest BCUT2D eigenvalue weighted by molar-refractivity contribution is 0.0111. The quantitative estimate of drug-likeness (QED) is 0.803. The average molecular weight is 227 g/mol. The van der Waals surface area contributed by atoms with Crippen molar-refractivity contribution in [2.45, 2.75) is 38.2 Å². The standard InChI is InChI=1S/C10H17N3OS/c1-13-9(11-12-10(13)15)6-5-8-4-2-3-7-14-8/h8H,2-7H2,1H3,(H,12,15). The van der Waals surface area contributed by atoms with Gasteiger partial charge in [-0.2, -0.15) is 5.10 Å². The predicted molar refractivity (Wildman–Crippen MR) is 60.3 cm³/mol. The summed E-state index contributed by atoms with van der Waals surface area (Å²) < 4.78 is 8.29. The second-order valence-electron chi connectivity index (χ2n) is 4.03. The van der Waals surface area contributed by atoms with Crippen LogP contribution in [-0.4, -0.2) is 27.5 Å². The highest BCUT2D eigenvalue weighted by Crippen LogP contribution is 2.17. The number of aromatic nitrogens is 3. The first-order chi connectivity index (χ1) is 7.27. The van der Waals surface area contributed by atoms with E-state index in [1.807, 2.05) is 11.6 Å². The van der Waals surface area contributed by atoms with Crippen LogP contribution in [0.15, 0.2) is 0 Å². The Kier molecular flexibility index (Phi) is 3.53. The molecule has 1 aliphatic heterocycles. The van der Waals surface area contributed by atoms with Gasteiger partial charge >= 0.3 is 0 Å². The van der Waals surface area contributed by atoms with E-state index in [0.717, 1.165) is 25.3 Å². The summed E-state index contributed by atoms with van der Waals surface area (Å²) in [5, 5.41) is 6.99. The van der Waals surface area contributed by atoms with Crippen LogP contribution in [0.1, 0.15) is 31.5 Å². The van der Waals surface area contributed by atoms with Gasteiger partial charge in [-0.1, -0.05) is 0 Å². The number of nitrogens with zero attached hydrogens (tertiary/aromatic N) is 2. The third-order valence-electron chi connectivity index (χ3n) is 2.94. The number of hydrogen-bond acceptors (Lipinski definition) is 3. The minimum absolute atomic E-state index is 0.420. The summed E-state index contributed by atoms with van der Waals surface area (Å²) in [7, 11) is 1.95. The Morgan fingerprint density at radius 2 is 2.47 bits per heavy atom. The molecule has 15 heavy (non-hydrogen) atoms. The molecule has 1 saturated heterocycles. The summed E-state index contributed by atoms with van der Waals surface area (Å²) in [5.74, 6) is 1.02. The number of aryl methyl sites for hydroxylation is 1. The second-order valence-corrected chi connectivity index (χ2v) is 4.42. The van der Waals surface area contributed by atoms with Crippen LogP contribution in [0.4, 0.5) is 0 Å². The molecule has 84 valence electrons. The molecule has 1 unspecified atom stereocenters. The van der Waals surface area contributed by atoms with Gasteiger partial charge < -0.3 is 9.30 Å². The molecule has 1 aromatic heterocycles. The Hall–Kier alpha value is -0.680. The van der Waals surface area contributed by atoms with Crippen LogP contribution in [0.2, 0.25) is 0 Å². The topological polar surface area (TPSA) is 42.8 Å². The zero-order valence-corrected chi connectivity index (χ0v) is 9.85. The van der Waals surface area contributed by atoms with E-state index in [1.165, 1.54) is 19.3 Å². The minimum atomic E-state index is 0.420. The molecular weight excluding hydrogens is 210 g/mol. The van der Waals surface area contributed by atoms with Crippen LogP contribution in [0, 0.1) is 4.77 Å². The smallest absolute Gasteiger partial charge is 0.194 e. The van der Waals surface area contributed by atoms with E-state index < -0.39 is 0 Å². The molecule has 0 radical (unpaired) electrons. The average Bonchev–Trinajstić information content (AvgIpc) is 2.59. The molecule has 4 nitrogen and oxygen atoms in total. The van der Waals surface area contributed by atoms with Gasteiger partial charge in [0.05, 0.1) is 6.10 Å². The first-order valence-corrected chi connectivity index (χ1v) is 5.90. The van der Waals surface area contributed by atoms with Crippen molar-refractivity contribution in [2.75, 3.05) is 6.61 Å². The van der Waals surface area contributed by atoms with E-state index in [-0.39, 0.29) is 0 Å². The summed E-state index contributed by atoms with van der Waals surface area (Å²) in [5.41, 5.74) is 0. The Morgan fingerprint density at radius 3 is 3.07 bits per heavy atom. The van der Waals surface area contributed by atoms with E-state index in [4.69, 9.17) is 17.0 Å². The minimum Gasteiger partial charge on any atom is -0.378 e. The maximum atomic E-state index is 5.67. The SMILES string of the molecule is Cn1c(CCC2CCCCO2)n[nH]c1=S. The predicted octanol–water partition coefficient (Wildman–Crippen LogP) is 1.98. The Bertz CT molecular complexity index is 365. The molecule has 1 atom stereocenters. The van der Waals surface area contributed by atoms with Crippen LogP contribution in [0.25, 0.3) is 0 Å². The zero-order chi connectivity index (χ0) is 10.7. The van der Waals surface area contributed by atoms with Gasteiger partial charge in [-0.25, -0.2) is 0 Å². The van der Waals surface area contributed by atoms with Gasteiger partial charge in [0.1, 0.15) is 5.82 Å². The largest absolute Gasteiger partial charge is 0.378 e. The first kappa shape index (κ1) is 10.8. The van der Waals surface area contributed by atoms with Gasteiger partial charge in [-0.15, -0.1) is 0 Å². The van der Waals surface area contributed by atoms with Crippen molar-refractivity contribution in [1.29, 1.82) is 0 Å². The molecule has 2 heterocycles. The van der Waals surface area contributed by atoms with Crippen molar-refractivity contribution in [3.63, 3.8) is 0 Å². The number of hydrogen-bond donors (Lipinski definition) is 1. The molecular formula is C10H17N3OS. The van der Waals surface area contributed by atoms with E-state index in [1.54, 1.807) is 0 Å².